The summed E-state index contributed by atoms with van der Waals surface area (Å²) in [5.74, 6) is 0. The SMILES string of the molecule is CCC[CH2][Sn]([CH2]CCC)([CH2]CCC)[CH2]OC1CCCCO1. The van der Waals surface area contributed by atoms with Gasteiger partial charge < -0.3 is 0 Å². The van der Waals surface area contributed by atoms with Gasteiger partial charge in [-0.05, 0) is 0 Å². The van der Waals surface area contributed by atoms with Crippen molar-refractivity contribution in [2.24, 2.45) is 0 Å². The fourth-order valence-electron chi connectivity index (χ4n) is 3.36. The summed E-state index contributed by atoms with van der Waals surface area (Å²) in [6.45, 7) is 7.91. The zero-order valence-electron chi connectivity index (χ0n) is 14.8. The van der Waals surface area contributed by atoms with Crippen molar-refractivity contribution in [2.75, 3.05) is 11.2 Å². The molecule has 1 fully saturated rings. The van der Waals surface area contributed by atoms with Crippen LogP contribution in [0.25, 0.3) is 0 Å². The van der Waals surface area contributed by atoms with E-state index in [1.54, 1.807) is 0 Å². The van der Waals surface area contributed by atoms with E-state index in [1.165, 1.54) is 64.7 Å². The van der Waals surface area contributed by atoms with Crippen LogP contribution in [-0.4, -0.2) is 35.9 Å². The third-order valence-electron chi connectivity index (χ3n) is 4.90. The van der Waals surface area contributed by atoms with E-state index in [2.05, 4.69) is 20.8 Å². The molecule has 0 aromatic heterocycles. The maximum atomic E-state index is 6.31. The molecule has 126 valence electrons. The summed E-state index contributed by atoms with van der Waals surface area (Å²) in [5.41, 5.74) is 0. The minimum atomic E-state index is -2.09. The van der Waals surface area contributed by atoms with Crippen molar-refractivity contribution >= 4 is 18.4 Å². The topological polar surface area (TPSA) is 18.5 Å². The molecule has 2 nitrogen and oxygen atoms in total. The summed E-state index contributed by atoms with van der Waals surface area (Å²) >= 11 is -2.09. The van der Waals surface area contributed by atoms with Gasteiger partial charge in [-0.15, -0.1) is 0 Å². The Balaban J connectivity index is 2.55. The number of ether oxygens (including phenoxy) is 2. The van der Waals surface area contributed by atoms with Gasteiger partial charge in [-0.1, -0.05) is 0 Å². The van der Waals surface area contributed by atoms with Crippen LogP contribution in [0, 0.1) is 0 Å². The summed E-state index contributed by atoms with van der Waals surface area (Å²) in [6.07, 6.45) is 12.1. The van der Waals surface area contributed by atoms with Gasteiger partial charge in [0, 0.05) is 0 Å². The van der Waals surface area contributed by atoms with Crippen molar-refractivity contribution in [2.45, 2.75) is 98.2 Å². The van der Waals surface area contributed by atoms with Crippen LogP contribution in [0.4, 0.5) is 0 Å². The molecule has 0 radical (unpaired) electrons. The Labute approximate surface area is 137 Å². The summed E-state index contributed by atoms with van der Waals surface area (Å²) < 4.78 is 17.9. The van der Waals surface area contributed by atoms with Crippen LogP contribution in [0.1, 0.15) is 78.6 Å². The van der Waals surface area contributed by atoms with Gasteiger partial charge in [0.25, 0.3) is 0 Å². The molecule has 1 heterocycles. The molecule has 21 heavy (non-hydrogen) atoms. The average molecular weight is 405 g/mol. The first-order valence-electron chi connectivity index (χ1n) is 9.49. The van der Waals surface area contributed by atoms with Gasteiger partial charge >= 0.3 is 137 Å². The fraction of sp³-hybridized carbons (Fsp3) is 1.00. The molecule has 0 spiro atoms. The van der Waals surface area contributed by atoms with Crippen LogP contribution < -0.4 is 0 Å². The molecule has 1 unspecified atom stereocenters. The van der Waals surface area contributed by atoms with Gasteiger partial charge in [0.1, 0.15) is 0 Å². The van der Waals surface area contributed by atoms with E-state index in [4.69, 9.17) is 9.47 Å². The van der Waals surface area contributed by atoms with Crippen LogP contribution in [-0.2, 0) is 9.47 Å². The van der Waals surface area contributed by atoms with Gasteiger partial charge in [0.2, 0.25) is 0 Å². The Kier molecular flexibility index (Phi) is 11.5. The van der Waals surface area contributed by atoms with E-state index in [0.29, 0.717) is 0 Å². The summed E-state index contributed by atoms with van der Waals surface area (Å²) in [5, 5.41) is 0. The number of unbranched alkanes of at least 4 members (excludes halogenated alkanes) is 3. The molecule has 1 aliphatic heterocycles. The first-order chi connectivity index (χ1) is 10.3. The normalized spacial score (nSPS) is 19.9. The second-order valence-electron chi connectivity index (χ2n) is 6.92. The molecule has 3 heteroatoms. The third-order valence-corrected chi connectivity index (χ3v) is 19.2. The van der Waals surface area contributed by atoms with Gasteiger partial charge in [0.05, 0.1) is 0 Å². The quantitative estimate of drug-likeness (QED) is 0.376. The number of hydrogen-bond acceptors (Lipinski definition) is 2. The molecule has 0 saturated carbocycles. The molecule has 0 bridgehead atoms. The summed E-state index contributed by atoms with van der Waals surface area (Å²) in [7, 11) is 0. The van der Waals surface area contributed by atoms with Crippen molar-refractivity contribution in [3.63, 3.8) is 0 Å². The molecule has 0 aromatic carbocycles. The number of rotatable bonds is 12. The standard InChI is InChI=1S/C6H11O2.3C4H9.Sn/c1-7-6-4-2-3-5-8-6;3*1-3-4-2;/h6H,1-5H2;3*1,3-4H2,2H3;. The zero-order valence-corrected chi connectivity index (χ0v) is 17.6. The van der Waals surface area contributed by atoms with Crippen molar-refractivity contribution in [3.05, 3.63) is 0 Å². The second-order valence-corrected chi connectivity index (χ2v) is 20.6. The Morgan fingerprint density at radius 3 is 1.90 bits per heavy atom. The maximum absolute atomic E-state index is 6.31. The molecule has 0 N–H and O–H groups in total. The molecule has 1 aliphatic rings. The Hall–Kier alpha value is 0.719. The van der Waals surface area contributed by atoms with Crippen molar-refractivity contribution in [1.82, 2.24) is 0 Å². The van der Waals surface area contributed by atoms with Crippen LogP contribution in [0.3, 0.4) is 0 Å². The van der Waals surface area contributed by atoms with Crippen LogP contribution in [0.5, 0.6) is 0 Å². The molecular weight excluding hydrogens is 367 g/mol. The van der Waals surface area contributed by atoms with E-state index in [9.17, 15) is 0 Å². The monoisotopic (exact) mass is 406 g/mol. The summed E-state index contributed by atoms with van der Waals surface area (Å²) in [6, 6.07) is 0. The van der Waals surface area contributed by atoms with Crippen molar-refractivity contribution < 1.29 is 9.47 Å². The van der Waals surface area contributed by atoms with Crippen LogP contribution >= 0.6 is 0 Å². The molecule has 0 aromatic rings. The van der Waals surface area contributed by atoms with Gasteiger partial charge in [-0.25, -0.2) is 0 Å². The Bertz CT molecular complexity index is 218. The van der Waals surface area contributed by atoms with Gasteiger partial charge in [-0.2, -0.15) is 0 Å². The molecule has 0 amide bonds. The van der Waals surface area contributed by atoms with E-state index in [0.717, 1.165) is 17.7 Å². The minimum absolute atomic E-state index is 0.125. The predicted molar refractivity (Wildman–Crippen MR) is 94.4 cm³/mol. The van der Waals surface area contributed by atoms with Gasteiger partial charge in [-0.3, -0.25) is 0 Å². The van der Waals surface area contributed by atoms with E-state index in [1.807, 2.05) is 0 Å². The Morgan fingerprint density at radius 1 is 0.905 bits per heavy atom. The molecule has 0 aliphatic carbocycles. The first kappa shape index (κ1) is 19.8. The van der Waals surface area contributed by atoms with E-state index >= 15 is 0 Å². The van der Waals surface area contributed by atoms with E-state index < -0.39 is 18.4 Å². The first-order valence-corrected chi connectivity index (χ1v) is 17.6. The molecule has 1 saturated heterocycles. The third kappa shape index (κ3) is 8.22. The van der Waals surface area contributed by atoms with E-state index in [-0.39, 0.29) is 6.29 Å². The van der Waals surface area contributed by atoms with Crippen LogP contribution in [0.15, 0.2) is 0 Å². The molecule has 1 atom stereocenters. The van der Waals surface area contributed by atoms with Gasteiger partial charge in [0.15, 0.2) is 0 Å². The Morgan fingerprint density at radius 2 is 1.48 bits per heavy atom. The second kappa shape index (κ2) is 12.2. The summed E-state index contributed by atoms with van der Waals surface area (Å²) in [4.78, 5) is 0. The molecule has 1 rings (SSSR count). The van der Waals surface area contributed by atoms with Crippen LogP contribution in [0.2, 0.25) is 13.3 Å². The van der Waals surface area contributed by atoms with Crippen molar-refractivity contribution in [3.8, 4) is 0 Å². The van der Waals surface area contributed by atoms with Crippen molar-refractivity contribution in [1.29, 1.82) is 0 Å². The average Bonchev–Trinajstić information content (AvgIpc) is 2.54. The zero-order chi connectivity index (χ0) is 15.4. The predicted octanol–water partition coefficient (Wildman–Crippen LogP) is 5.92. The molecular formula is C18H38O2Sn. The fourth-order valence-corrected chi connectivity index (χ4v) is 17.7. The number of hydrogen-bond donors (Lipinski definition) is 0.